The second-order valence-corrected chi connectivity index (χ2v) is 4.27. The molecule has 0 aliphatic rings. The maximum atomic E-state index is 11.3. The quantitative estimate of drug-likeness (QED) is 0.532. The van der Waals surface area contributed by atoms with Crippen molar-refractivity contribution in [1.29, 1.82) is 0 Å². The molecule has 1 aromatic carbocycles. The number of para-hydroxylation sites is 2. The summed E-state index contributed by atoms with van der Waals surface area (Å²) in [7, 11) is 0. The van der Waals surface area contributed by atoms with Crippen molar-refractivity contribution in [3.63, 3.8) is 0 Å². The molecule has 0 aromatic heterocycles. The Morgan fingerprint density at radius 3 is 2.50 bits per heavy atom. The number of hydrogen-bond acceptors (Lipinski definition) is 4. The Labute approximate surface area is 94.4 Å². The Morgan fingerprint density at radius 2 is 1.94 bits per heavy atom. The van der Waals surface area contributed by atoms with Gasteiger partial charge in [-0.15, -0.1) is 0 Å². The highest BCUT2D eigenvalue weighted by molar-refractivity contribution is 5.70. The fourth-order valence-electron chi connectivity index (χ4n) is 1.00. The molecule has 0 unspecified atom stereocenters. The van der Waals surface area contributed by atoms with E-state index >= 15 is 0 Å². The molecule has 0 atom stereocenters. The molecule has 88 valence electrons. The summed E-state index contributed by atoms with van der Waals surface area (Å²) in [5, 5.41) is 9.40. The van der Waals surface area contributed by atoms with E-state index in [1.807, 2.05) is 0 Å². The second kappa shape index (κ2) is 4.74. The van der Waals surface area contributed by atoms with Crippen molar-refractivity contribution >= 4 is 11.8 Å². The van der Waals surface area contributed by atoms with E-state index in [-0.39, 0.29) is 5.75 Å². The summed E-state index contributed by atoms with van der Waals surface area (Å²) in [6, 6.07) is 6.57. The number of ether oxygens (including phenoxy) is 1. The Bertz CT molecular complexity index is 372. The van der Waals surface area contributed by atoms with Gasteiger partial charge in [-0.2, -0.15) is 0 Å². The number of hydrogen-bond donors (Lipinski definition) is 3. The number of aromatic hydroxyl groups is 1. The number of amides is 1. The Morgan fingerprint density at radius 1 is 1.31 bits per heavy atom. The normalized spacial score (nSPS) is 10.7. The van der Waals surface area contributed by atoms with E-state index in [2.05, 4.69) is 10.9 Å². The molecular weight excluding hydrogens is 208 g/mol. The van der Waals surface area contributed by atoms with Crippen LogP contribution in [0.4, 0.5) is 10.5 Å². The second-order valence-electron chi connectivity index (χ2n) is 4.27. The number of carbonyl (C=O) groups excluding carboxylic acids is 1. The van der Waals surface area contributed by atoms with Crippen molar-refractivity contribution in [2.45, 2.75) is 26.4 Å². The molecule has 0 saturated carbocycles. The van der Waals surface area contributed by atoms with Gasteiger partial charge >= 0.3 is 6.09 Å². The van der Waals surface area contributed by atoms with Gasteiger partial charge in [-0.25, -0.2) is 10.2 Å². The molecule has 1 aromatic rings. The fraction of sp³-hybridized carbons (Fsp3) is 0.364. The third-order valence-electron chi connectivity index (χ3n) is 1.60. The van der Waals surface area contributed by atoms with E-state index in [1.54, 1.807) is 39.0 Å². The van der Waals surface area contributed by atoms with Gasteiger partial charge in [-0.05, 0) is 32.9 Å². The highest BCUT2D eigenvalue weighted by Gasteiger charge is 2.15. The minimum atomic E-state index is -0.601. The molecule has 0 fully saturated rings. The minimum absolute atomic E-state index is 0.0542. The first-order valence-corrected chi connectivity index (χ1v) is 4.91. The molecule has 5 nitrogen and oxygen atoms in total. The lowest BCUT2D eigenvalue weighted by Gasteiger charge is -2.20. The summed E-state index contributed by atoms with van der Waals surface area (Å²) in [5.74, 6) is 0.0542. The Hall–Kier alpha value is -1.91. The lowest BCUT2D eigenvalue weighted by atomic mass is 10.2. The third-order valence-corrected chi connectivity index (χ3v) is 1.60. The molecule has 0 radical (unpaired) electrons. The maximum Gasteiger partial charge on any atom is 0.426 e. The number of rotatable bonds is 2. The number of anilines is 1. The summed E-state index contributed by atoms with van der Waals surface area (Å²) in [4.78, 5) is 11.3. The number of carbonyl (C=O) groups is 1. The van der Waals surface area contributed by atoms with Crippen LogP contribution in [0.25, 0.3) is 0 Å². The monoisotopic (exact) mass is 224 g/mol. The summed E-state index contributed by atoms with van der Waals surface area (Å²) in [5.41, 5.74) is 4.75. The van der Waals surface area contributed by atoms with Gasteiger partial charge in [-0.3, -0.25) is 5.43 Å². The van der Waals surface area contributed by atoms with Crippen LogP contribution in [0, 0.1) is 0 Å². The first-order chi connectivity index (χ1) is 7.38. The molecule has 16 heavy (non-hydrogen) atoms. The highest BCUT2D eigenvalue weighted by atomic mass is 16.6. The molecular formula is C11H16N2O3. The summed E-state index contributed by atoms with van der Waals surface area (Å²) < 4.78 is 5.01. The van der Waals surface area contributed by atoms with E-state index in [0.29, 0.717) is 5.69 Å². The van der Waals surface area contributed by atoms with E-state index < -0.39 is 11.7 Å². The van der Waals surface area contributed by atoms with Gasteiger partial charge in [0.2, 0.25) is 0 Å². The van der Waals surface area contributed by atoms with E-state index in [4.69, 9.17) is 4.74 Å². The fourth-order valence-corrected chi connectivity index (χ4v) is 1.00. The van der Waals surface area contributed by atoms with Crippen molar-refractivity contribution in [2.75, 3.05) is 5.43 Å². The number of benzene rings is 1. The van der Waals surface area contributed by atoms with E-state index in [9.17, 15) is 9.90 Å². The van der Waals surface area contributed by atoms with Crippen molar-refractivity contribution < 1.29 is 14.6 Å². The topological polar surface area (TPSA) is 70.6 Å². The zero-order valence-electron chi connectivity index (χ0n) is 9.57. The van der Waals surface area contributed by atoms with Gasteiger partial charge in [0.15, 0.2) is 0 Å². The van der Waals surface area contributed by atoms with Crippen LogP contribution in [0.3, 0.4) is 0 Å². The minimum Gasteiger partial charge on any atom is -0.506 e. The Balaban J connectivity index is 2.47. The van der Waals surface area contributed by atoms with Crippen molar-refractivity contribution in [2.24, 2.45) is 0 Å². The number of hydrazine groups is 1. The molecule has 5 heteroatoms. The number of phenols is 1. The Kier molecular flexibility index (Phi) is 3.60. The first kappa shape index (κ1) is 12.2. The molecule has 0 saturated heterocycles. The van der Waals surface area contributed by atoms with Crippen molar-refractivity contribution in [3.8, 4) is 5.75 Å². The number of phenolic OH excluding ortho intramolecular Hbond substituents is 1. The van der Waals surface area contributed by atoms with Crippen molar-refractivity contribution in [3.05, 3.63) is 24.3 Å². The summed E-state index contributed by atoms with van der Waals surface area (Å²) >= 11 is 0. The first-order valence-electron chi connectivity index (χ1n) is 4.91. The standard InChI is InChI=1S/C11H16N2O3/c1-11(2,3)16-10(15)13-12-8-6-4-5-7-9(8)14/h4-7,12,14H,1-3H3,(H,13,15). The largest absolute Gasteiger partial charge is 0.506 e. The van der Waals surface area contributed by atoms with Gasteiger partial charge in [0.1, 0.15) is 11.4 Å². The van der Waals surface area contributed by atoms with Crippen LogP contribution < -0.4 is 10.9 Å². The molecule has 0 spiro atoms. The molecule has 0 aliphatic heterocycles. The van der Waals surface area contributed by atoms with Gasteiger partial charge in [-0.1, -0.05) is 12.1 Å². The van der Waals surface area contributed by atoms with Gasteiger partial charge in [0.05, 0.1) is 5.69 Å². The summed E-state index contributed by atoms with van der Waals surface area (Å²) in [6.45, 7) is 5.31. The average molecular weight is 224 g/mol. The van der Waals surface area contributed by atoms with Gasteiger partial charge in [0, 0.05) is 0 Å². The van der Waals surface area contributed by atoms with Crippen LogP contribution >= 0.6 is 0 Å². The summed E-state index contributed by atoms with van der Waals surface area (Å²) in [6.07, 6.45) is -0.601. The number of nitrogens with one attached hydrogen (secondary N) is 2. The zero-order chi connectivity index (χ0) is 12.2. The van der Waals surface area contributed by atoms with E-state index in [1.165, 1.54) is 6.07 Å². The van der Waals surface area contributed by atoms with Crippen molar-refractivity contribution in [1.82, 2.24) is 5.43 Å². The van der Waals surface area contributed by atoms with Crippen LogP contribution in [-0.4, -0.2) is 16.8 Å². The van der Waals surface area contributed by atoms with Gasteiger partial charge in [0.25, 0.3) is 0 Å². The maximum absolute atomic E-state index is 11.3. The lowest BCUT2D eigenvalue weighted by Crippen LogP contribution is -2.35. The highest BCUT2D eigenvalue weighted by Crippen LogP contribution is 2.20. The van der Waals surface area contributed by atoms with Gasteiger partial charge < -0.3 is 9.84 Å². The molecule has 1 amide bonds. The molecule has 1 rings (SSSR count). The average Bonchev–Trinajstić information content (AvgIpc) is 2.14. The molecule has 0 aliphatic carbocycles. The lowest BCUT2D eigenvalue weighted by molar-refractivity contribution is 0.0541. The van der Waals surface area contributed by atoms with Crippen LogP contribution in [0.2, 0.25) is 0 Å². The third kappa shape index (κ3) is 4.08. The van der Waals surface area contributed by atoms with Crippen LogP contribution in [0.1, 0.15) is 20.8 Å². The van der Waals surface area contributed by atoms with Crippen LogP contribution in [-0.2, 0) is 4.74 Å². The van der Waals surface area contributed by atoms with Crippen LogP contribution in [0.15, 0.2) is 24.3 Å². The predicted octanol–water partition coefficient (Wildman–Crippen LogP) is 2.24. The zero-order valence-corrected chi connectivity index (χ0v) is 9.57. The van der Waals surface area contributed by atoms with Crippen LogP contribution in [0.5, 0.6) is 5.75 Å². The predicted molar refractivity (Wildman–Crippen MR) is 61.1 cm³/mol. The molecule has 3 N–H and O–H groups in total. The van der Waals surface area contributed by atoms with E-state index in [0.717, 1.165) is 0 Å². The molecule has 0 bridgehead atoms. The molecule has 0 heterocycles. The SMILES string of the molecule is CC(C)(C)OC(=O)NNc1ccccc1O. The smallest absolute Gasteiger partial charge is 0.426 e.